The second-order valence-electron chi connectivity index (χ2n) is 6.32. The van der Waals surface area contributed by atoms with Gasteiger partial charge in [-0.25, -0.2) is 0 Å². The average Bonchev–Trinajstić information content (AvgIpc) is 3.13. The van der Waals surface area contributed by atoms with Crippen molar-refractivity contribution in [1.29, 1.82) is 0 Å². The van der Waals surface area contributed by atoms with Crippen molar-refractivity contribution >= 4 is 34.1 Å². The van der Waals surface area contributed by atoms with E-state index in [1.165, 1.54) is 6.92 Å². The zero-order valence-corrected chi connectivity index (χ0v) is 15.1. The maximum Gasteiger partial charge on any atom is 0.255 e. The largest absolute Gasteiger partial charge is 0.355 e. The number of carbonyl (C=O) groups is 2. The number of rotatable bonds is 4. The number of nitrogens with zero attached hydrogens (tertiary/aromatic N) is 1. The highest BCUT2D eigenvalue weighted by Crippen LogP contribution is 2.29. The summed E-state index contributed by atoms with van der Waals surface area (Å²) in [5.74, 6) is 0.243. The van der Waals surface area contributed by atoms with Crippen LogP contribution in [-0.2, 0) is 4.79 Å². The van der Waals surface area contributed by atoms with Crippen LogP contribution in [-0.4, -0.2) is 17.0 Å². The lowest BCUT2D eigenvalue weighted by Crippen LogP contribution is -2.12. The van der Waals surface area contributed by atoms with Gasteiger partial charge in [-0.15, -0.1) is 0 Å². The van der Waals surface area contributed by atoms with E-state index in [0.717, 1.165) is 10.9 Å². The molecule has 3 aromatic carbocycles. The van der Waals surface area contributed by atoms with Gasteiger partial charge in [-0.1, -0.05) is 35.5 Å². The number of fused-ring (bicyclic) bond motifs is 1. The highest BCUT2D eigenvalue weighted by molar-refractivity contribution is 6.07. The zero-order chi connectivity index (χ0) is 19.5. The molecular weight excluding hydrogens is 354 g/mol. The van der Waals surface area contributed by atoms with Crippen molar-refractivity contribution in [3.8, 4) is 11.3 Å². The van der Waals surface area contributed by atoms with E-state index in [2.05, 4.69) is 15.8 Å². The first-order valence-corrected chi connectivity index (χ1v) is 8.74. The summed E-state index contributed by atoms with van der Waals surface area (Å²) in [5.41, 5.74) is 3.39. The van der Waals surface area contributed by atoms with Crippen LogP contribution in [0.3, 0.4) is 0 Å². The molecule has 6 nitrogen and oxygen atoms in total. The Bertz CT molecular complexity index is 1150. The number of hydrogen-bond donors (Lipinski definition) is 2. The number of hydrogen-bond acceptors (Lipinski definition) is 4. The van der Waals surface area contributed by atoms with Crippen LogP contribution >= 0.6 is 0 Å². The van der Waals surface area contributed by atoms with Gasteiger partial charge in [-0.2, -0.15) is 0 Å². The lowest BCUT2D eigenvalue weighted by Gasteiger charge is -2.07. The van der Waals surface area contributed by atoms with Crippen molar-refractivity contribution in [3.05, 3.63) is 78.4 Å². The summed E-state index contributed by atoms with van der Waals surface area (Å²) in [6, 6.07) is 21.8. The molecule has 0 radical (unpaired) electrons. The molecule has 0 bridgehead atoms. The van der Waals surface area contributed by atoms with E-state index >= 15 is 0 Å². The molecule has 138 valence electrons. The van der Waals surface area contributed by atoms with Gasteiger partial charge in [-0.05, 0) is 42.5 Å². The standard InChI is InChI=1S/C22H17N3O3/c1-14(26)23-17-8-10-18(11-9-17)24-22(27)16-7-12-20-19(13-16)21(28-25-20)15-5-3-2-4-6-15/h2-13H,1H3,(H,23,26)(H,24,27). The quantitative estimate of drug-likeness (QED) is 0.544. The molecule has 1 aromatic heterocycles. The van der Waals surface area contributed by atoms with Gasteiger partial charge in [0.25, 0.3) is 5.91 Å². The molecule has 2 N–H and O–H groups in total. The maximum absolute atomic E-state index is 12.7. The molecule has 0 aliphatic carbocycles. The first kappa shape index (κ1) is 17.5. The summed E-state index contributed by atoms with van der Waals surface area (Å²) in [4.78, 5) is 23.7. The molecule has 0 saturated carbocycles. The monoisotopic (exact) mass is 371 g/mol. The van der Waals surface area contributed by atoms with Crippen LogP contribution in [0.25, 0.3) is 22.2 Å². The van der Waals surface area contributed by atoms with Crippen LogP contribution in [0.2, 0.25) is 0 Å². The molecule has 2 amide bonds. The van der Waals surface area contributed by atoms with E-state index in [4.69, 9.17) is 4.52 Å². The Morgan fingerprint density at radius 3 is 2.21 bits per heavy atom. The van der Waals surface area contributed by atoms with Crippen molar-refractivity contribution in [2.45, 2.75) is 6.92 Å². The molecule has 4 aromatic rings. The van der Waals surface area contributed by atoms with E-state index in [1.54, 1.807) is 42.5 Å². The van der Waals surface area contributed by atoms with Crippen molar-refractivity contribution in [2.24, 2.45) is 0 Å². The Hall–Kier alpha value is -3.93. The van der Waals surface area contributed by atoms with E-state index in [1.807, 2.05) is 30.3 Å². The average molecular weight is 371 g/mol. The third-order valence-corrected chi connectivity index (χ3v) is 4.24. The highest BCUT2D eigenvalue weighted by atomic mass is 16.5. The Labute approximate surface area is 161 Å². The molecule has 0 fully saturated rings. The minimum absolute atomic E-state index is 0.145. The molecule has 0 aliphatic rings. The van der Waals surface area contributed by atoms with Gasteiger partial charge < -0.3 is 15.2 Å². The minimum atomic E-state index is -0.241. The van der Waals surface area contributed by atoms with Gasteiger partial charge in [0.1, 0.15) is 5.52 Å². The van der Waals surface area contributed by atoms with Gasteiger partial charge in [-0.3, -0.25) is 9.59 Å². The smallest absolute Gasteiger partial charge is 0.255 e. The summed E-state index contributed by atoms with van der Waals surface area (Å²) in [7, 11) is 0. The van der Waals surface area contributed by atoms with Gasteiger partial charge in [0.15, 0.2) is 5.76 Å². The number of anilines is 2. The van der Waals surface area contributed by atoms with Crippen molar-refractivity contribution in [1.82, 2.24) is 5.16 Å². The van der Waals surface area contributed by atoms with Gasteiger partial charge in [0.05, 0.1) is 5.39 Å². The first-order valence-electron chi connectivity index (χ1n) is 8.74. The predicted molar refractivity (Wildman–Crippen MR) is 108 cm³/mol. The summed E-state index contributed by atoms with van der Waals surface area (Å²) < 4.78 is 5.48. The molecule has 28 heavy (non-hydrogen) atoms. The number of nitrogens with one attached hydrogen (secondary N) is 2. The molecular formula is C22H17N3O3. The van der Waals surface area contributed by atoms with E-state index in [0.29, 0.717) is 28.2 Å². The lowest BCUT2D eigenvalue weighted by atomic mass is 10.1. The fraction of sp³-hybridized carbons (Fsp3) is 0.0455. The van der Waals surface area contributed by atoms with Crippen LogP contribution in [0.4, 0.5) is 11.4 Å². The van der Waals surface area contributed by atoms with E-state index in [9.17, 15) is 9.59 Å². The second kappa shape index (κ2) is 7.36. The normalized spacial score (nSPS) is 10.6. The number of benzene rings is 3. The fourth-order valence-electron chi connectivity index (χ4n) is 2.92. The fourth-order valence-corrected chi connectivity index (χ4v) is 2.92. The lowest BCUT2D eigenvalue weighted by molar-refractivity contribution is -0.114. The maximum atomic E-state index is 12.7. The third-order valence-electron chi connectivity index (χ3n) is 4.24. The van der Waals surface area contributed by atoms with Gasteiger partial charge in [0.2, 0.25) is 5.91 Å². The topological polar surface area (TPSA) is 84.2 Å². The molecule has 0 unspecified atom stereocenters. The molecule has 0 aliphatic heterocycles. The summed E-state index contributed by atoms with van der Waals surface area (Å²) in [6.07, 6.45) is 0. The SMILES string of the molecule is CC(=O)Nc1ccc(NC(=O)c2ccc3noc(-c4ccccc4)c3c2)cc1. The molecule has 4 rings (SSSR count). The van der Waals surface area contributed by atoms with Crippen LogP contribution < -0.4 is 10.6 Å². The van der Waals surface area contributed by atoms with E-state index < -0.39 is 0 Å². The number of carbonyl (C=O) groups excluding carboxylic acids is 2. The second-order valence-corrected chi connectivity index (χ2v) is 6.32. The van der Waals surface area contributed by atoms with Crippen LogP contribution in [0.1, 0.15) is 17.3 Å². The summed E-state index contributed by atoms with van der Waals surface area (Å²) in [6.45, 7) is 1.44. The van der Waals surface area contributed by atoms with Crippen molar-refractivity contribution in [3.63, 3.8) is 0 Å². The Morgan fingerprint density at radius 2 is 1.54 bits per heavy atom. The van der Waals surface area contributed by atoms with Gasteiger partial charge >= 0.3 is 0 Å². The highest BCUT2D eigenvalue weighted by Gasteiger charge is 2.14. The van der Waals surface area contributed by atoms with Crippen LogP contribution in [0, 0.1) is 0 Å². The molecule has 0 spiro atoms. The van der Waals surface area contributed by atoms with Crippen LogP contribution in [0.15, 0.2) is 77.3 Å². The van der Waals surface area contributed by atoms with Crippen molar-refractivity contribution < 1.29 is 14.1 Å². The van der Waals surface area contributed by atoms with Gasteiger partial charge in [0, 0.05) is 29.4 Å². The number of aromatic nitrogens is 1. The molecule has 1 heterocycles. The number of amides is 2. The third kappa shape index (κ3) is 3.61. The Kier molecular flexibility index (Phi) is 4.60. The Morgan fingerprint density at radius 1 is 0.857 bits per heavy atom. The van der Waals surface area contributed by atoms with E-state index in [-0.39, 0.29) is 11.8 Å². The minimum Gasteiger partial charge on any atom is -0.355 e. The molecule has 6 heteroatoms. The predicted octanol–water partition coefficient (Wildman–Crippen LogP) is 4.71. The summed E-state index contributed by atoms with van der Waals surface area (Å²) in [5, 5.41) is 10.4. The molecule has 0 atom stereocenters. The Balaban J connectivity index is 1.58. The van der Waals surface area contributed by atoms with Crippen LogP contribution in [0.5, 0.6) is 0 Å². The zero-order valence-electron chi connectivity index (χ0n) is 15.1. The first-order chi connectivity index (χ1) is 13.6. The van der Waals surface area contributed by atoms with Crippen molar-refractivity contribution in [2.75, 3.05) is 10.6 Å². The summed E-state index contributed by atoms with van der Waals surface area (Å²) >= 11 is 0. The molecule has 0 saturated heterocycles.